The smallest absolute Gasteiger partial charge is 0.141 e. The number of halogens is 2. The molecule has 0 fully saturated rings. The van der Waals surface area contributed by atoms with Crippen LogP contribution in [0.3, 0.4) is 0 Å². The van der Waals surface area contributed by atoms with Crippen LogP contribution in [0, 0.1) is 5.82 Å². The second-order valence-electron chi connectivity index (χ2n) is 4.25. The zero-order chi connectivity index (χ0) is 13.8. The summed E-state index contributed by atoms with van der Waals surface area (Å²) in [5.74, 6) is 0.160. The molecular weight excluding hydrogens is 267 g/mol. The molecule has 2 aromatic carbocycles. The van der Waals surface area contributed by atoms with Crippen molar-refractivity contribution in [3.63, 3.8) is 0 Å². The van der Waals surface area contributed by atoms with E-state index in [4.69, 9.17) is 16.3 Å². The number of hydrogen-bond donors (Lipinski definition) is 1. The van der Waals surface area contributed by atoms with E-state index in [2.05, 4.69) is 0 Å². The Hall–Kier alpha value is -1.58. The number of benzene rings is 2. The normalized spacial score (nSPS) is 12.2. The summed E-state index contributed by atoms with van der Waals surface area (Å²) in [5, 5.41) is 9.71. The van der Waals surface area contributed by atoms with E-state index >= 15 is 0 Å². The van der Waals surface area contributed by atoms with Gasteiger partial charge in [-0.1, -0.05) is 35.9 Å². The highest BCUT2D eigenvalue weighted by Crippen LogP contribution is 2.25. The van der Waals surface area contributed by atoms with Crippen molar-refractivity contribution < 1.29 is 14.2 Å². The van der Waals surface area contributed by atoms with Crippen molar-refractivity contribution in [2.24, 2.45) is 0 Å². The Kier molecular flexibility index (Phi) is 4.40. The van der Waals surface area contributed by atoms with Gasteiger partial charge in [-0.2, -0.15) is 0 Å². The maximum atomic E-state index is 13.0. The number of hydrogen-bond acceptors (Lipinski definition) is 2. The van der Waals surface area contributed by atoms with Gasteiger partial charge < -0.3 is 9.84 Å². The molecule has 0 aliphatic carbocycles. The van der Waals surface area contributed by atoms with E-state index in [1.807, 2.05) is 12.1 Å². The van der Waals surface area contributed by atoms with Crippen molar-refractivity contribution in [2.75, 3.05) is 0 Å². The van der Waals surface area contributed by atoms with Gasteiger partial charge in [-0.05, 0) is 30.7 Å². The second kappa shape index (κ2) is 6.04. The third-order valence-electron chi connectivity index (χ3n) is 2.75. The molecule has 4 heteroatoms. The summed E-state index contributed by atoms with van der Waals surface area (Å²) >= 11 is 5.71. The van der Waals surface area contributed by atoms with Crippen molar-refractivity contribution in [3.8, 4) is 5.75 Å². The van der Waals surface area contributed by atoms with Crippen molar-refractivity contribution >= 4 is 11.6 Å². The lowest BCUT2D eigenvalue weighted by Gasteiger charge is -2.13. The number of ether oxygens (including phenoxy) is 1. The fraction of sp³-hybridized carbons (Fsp3) is 0.200. The number of para-hydroxylation sites is 1. The maximum Gasteiger partial charge on any atom is 0.141 e. The van der Waals surface area contributed by atoms with Gasteiger partial charge in [0.05, 0.1) is 11.1 Å². The van der Waals surface area contributed by atoms with Gasteiger partial charge >= 0.3 is 0 Å². The first-order valence-electron chi connectivity index (χ1n) is 5.91. The van der Waals surface area contributed by atoms with Gasteiger partial charge in [0.2, 0.25) is 0 Å². The van der Waals surface area contributed by atoms with Gasteiger partial charge in [-0.15, -0.1) is 0 Å². The van der Waals surface area contributed by atoms with Crippen LogP contribution in [0.4, 0.5) is 4.39 Å². The first-order valence-corrected chi connectivity index (χ1v) is 6.29. The molecule has 0 amide bonds. The van der Waals surface area contributed by atoms with E-state index in [0.29, 0.717) is 5.75 Å². The molecule has 1 N–H and O–H groups in total. The largest absolute Gasteiger partial charge is 0.489 e. The standard InChI is InChI=1S/C15H14ClFO2/c1-10(18)12-4-2-3-5-15(12)19-9-11-6-7-14(17)13(16)8-11/h2-8,10,18H,9H2,1H3. The molecule has 2 aromatic rings. The molecular formula is C15H14ClFO2. The van der Waals surface area contributed by atoms with E-state index in [9.17, 15) is 9.50 Å². The quantitative estimate of drug-likeness (QED) is 0.913. The molecule has 0 bridgehead atoms. The Morgan fingerprint density at radius 1 is 1.26 bits per heavy atom. The molecule has 0 aliphatic rings. The number of aliphatic hydroxyl groups excluding tert-OH is 1. The highest BCUT2D eigenvalue weighted by atomic mass is 35.5. The molecule has 0 spiro atoms. The molecule has 0 saturated carbocycles. The predicted octanol–water partition coefficient (Wildman–Crippen LogP) is 4.11. The van der Waals surface area contributed by atoms with Crippen molar-refractivity contribution in [2.45, 2.75) is 19.6 Å². The average molecular weight is 281 g/mol. The van der Waals surface area contributed by atoms with Gasteiger partial charge in [0, 0.05) is 5.56 Å². The number of rotatable bonds is 4. The number of aliphatic hydroxyl groups is 1. The monoisotopic (exact) mass is 280 g/mol. The lowest BCUT2D eigenvalue weighted by molar-refractivity contribution is 0.190. The van der Waals surface area contributed by atoms with Crippen LogP contribution in [-0.4, -0.2) is 5.11 Å². The minimum absolute atomic E-state index is 0.0740. The summed E-state index contributed by atoms with van der Waals surface area (Å²) in [6.45, 7) is 1.95. The first kappa shape index (κ1) is 13.8. The van der Waals surface area contributed by atoms with Crippen LogP contribution in [0.15, 0.2) is 42.5 Å². The van der Waals surface area contributed by atoms with E-state index in [0.717, 1.165) is 11.1 Å². The topological polar surface area (TPSA) is 29.5 Å². The molecule has 2 rings (SSSR count). The Balaban J connectivity index is 2.12. The summed E-state index contributed by atoms with van der Waals surface area (Å²) in [6.07, 6.45) is -0.604. The van der Waals surface area contributed by atoms with Crippen LogP contribution in [0.5, 0.6) is 5.75 Å². The van der Waals surface area contributed by atoms with Crippen molar-refractivity contribution in [1.82, 2.24) is 0 Å². The highest BCUT2D eigenvalue weighted by Gasteiger charge is 2.08. The van der Waals surface area contributed by atoms with Crippen LogP contribution in [0.1, 0.15) is 24.2 Å². The lowest BCUT2D eigenvalue weighted by Crippen LogP contribution is -2.01. The molecule has 1 unspecified atom stereocenters. The van der Waals surface area contributed by atoms with Crippen LogP contribution < -0.4 is 4.74 Å². The molecule has 100 valence electrons. The van der Waals surface area contributed by atoms with Gasteiger partial charge in [0.15, 0.2) is 0 Å². The van der Waals surface area contributed by atoms with Gasteiger partial charge in [0.1, 0.15) is 18.2 Å². The summed E-state index contributed by atoms with van der Waals surface area (Å²) in [6, 6.07) is 11.7. The van der Waals surface area contributed by atoms with E-state index in [-0.39, 0.29) is 11.6 Å². The SMILES string of the molecule is CC(O)c1ccccc1OCc1ccc(F)c(Cl)c1. The highest BCUT2D eigenvalue weighted by molar-refractivity contribution is 6.30. The summed E-state index contributed by atoms with van der Waals surface area (Å²) in [4.78, 5) is 0. The van der Waals surface area contributed by atoms with E-state index < -0.39 is 11.9 Å². The Bertz CT molecular complexity index is 570. The summed E-state index contributed by atoms with van der Waals surface area (Å²) < 4.78 is 18.7. The summed E-state index contributed by atoms with van der Waals surface area (Å²) in [7, 11) is 0. The molecule has 0 aliphatic heterocycles. The zero-order valence-electron chi connectivity index (χ0n) is 10.4. The minimum Gasteiger partial charge on any atom is -0.489 e. The van der Waals surface area contributed by atoms with Crippen LogP contribution in [0.25, 0.3) is 0 Å². The predicted molar refractivity (Wildman–Crippen MR) is 72.8 cm³/mol. The summed E-state index contributed by atoms with van der Waals surface area (Å²) in [5.41, 5.74) is 1.49. The van der Waals surface area contributed by atoms with Crippen molar-refractivity contribution in [1.29, 1.82) is 0 Å². The third kappa shape index (κ3) is 3.46. The Morgan fingerprint density at radius 3 is 2.68 bits per heavy atom. The second-order valence-corrected chi connectivity index (χ2v) is 4.66. The van der Waals surface area contributed by atoms with Crippen LogP contribution in [0.2, 0.25) is 5.02 Å². The molecule has 0 aromatic heterocycles. The van der Waals surface area contributed by atoms with Crippen molar-refractivity contribution in [3.05, 3.63) is 64.4 Å². The van der Waals surface area contributed by atoms with E-state index in [1.54, 1.807) is 25.1 Å². The minimum atomic E-state index is -0.604. The molecule has 1 atom stereocenters. The molecule has 2 nitrogen and oxygen atoms in total. The van der Waals surface area contributed by atoms with Gasteiger partial charge in [-0.3, -0.25) is 0 Å². The molecule has 0 radical (unpaired) electrons. The van der Waals surface area contributed by atoms with Crippen LogP contribution >= 0.6 is 11.6 Å². The maximum absolute atomic E-state index is 13.0. The van der Waals surface area contributed by atoms with Gasteiger partial charge in [0.25, 0.3) is 0 Å². The third-order valence-corrected chi connectivity index (χ3v) is 3.04. The zero-order valence-corrected chi connectivity index (χ0v) is 11.2. The first-order chi connectivity index (χ1) is 9.08. The Labute approximate surface area is 116 Å². The fourth-order valence-electron chi connectivity index (χ4n) is 1.75. The average Bonchev–Trinajstić information content (AvgIpc) is 2.40. The molecule has 0 saturated heterocycles. The van der Waals surface area contributed by atoms with E-state index in [1.165, 1.54) is 12.1 Å². The lowest BCUT2D eigenvalue weighted by atomic mass is 10.1. The van der Waals surface area contributed by atoms with Gasteiger partial charge in [-0.25, -0.2) is 4.39 Å². The molecule has 19 heavy (non-hydrogen) atoms. The Morgan fingerprint density at radius 2 is 2.00 bits per heavy atom. The molecule has 0 heterocycles. The fourth-order valence-corrected chi connectivity index (χ4v) is 1.95. The van der Waals surface area contributed by atoms with Crippen LogP contribution in [-0.2, 0) is 6.61 Å².